The number of halogens is 2. The molecule has 1 aliphatic rings. The van der Waals surface area contributed by atoms with Gasteiger partial charge in [-0.25, -0.2) is 4.98 Å². The smallest absolute Gasteiger partial charge is 0.259 e. The van der Waals surface area contributed by atoms with Gasteiger partial charge in [0.1, 0.15) is 11.7 Å². The molecule has 0 radical (unpaired) electrons. The highest BCUT2D eigenvalue weighted by molar-refractivity contribution is 6.17. The van der Waals surface area contributed by atoms with Crippen LogP contribution in [0.1, 0.15) is 23.7 Å². The first-order valence-corrected chi connectivity index (χ1v) is 6.26. The quantitative estimate of drug-likeness (QED) is 0.803. The van der Waals surface area contributed by atoms with Gasteiger partial charge in [0, 0.05) is 18.6 Å². The zero-order valence-electron chi connectivity index (χ0n) is 10.1. The molecule has 1 aliphatic heterocycles. The minimum atomic E-state index is -0.0763. The van der Waals surface area contributed by atoms with Crippen molar-refractivity contribution >= 4 is 29.9 Å². The van der Waals surface area contributed by atoms with Crippen molar-refractivity contribution in [3.63, 3.8) is 0 Å². The Morgan fingerprint density at radius 1 is 1.61 bits per heavy atom. The molecule has 0 N–H and O–H groups in total. The van der Waals surface area contributed by atoms with Gasteiger partial charge in [-0.05, 0) is 25.5 Å². The van der Waals surface area contributed by atoms with E-state index in [2.05, 4.69) is 4.98 Å². The van der Waals surface area contributed by atoms with E-state index >= 15 is 0 Å². The van der Waals surface area contributed by atoms with Crippen molar-refractivity contribution < 1.29 is 9.53 Å². The molecule has 1 unspecified atom stereocenters. The normalized spacial score (nSPS) is 18.4. The van der Waals surface area contributed by atoms with Gasteiger partial charge in [0.25, 0.3) is 5.91 Å². The lowest BCUT2D eigenvalue weighted by molar-refractivity contribution is 0.0719. The Labute approximate surface area is 118 Å². The molecule has 100 valence electrons. The van der Waals surface area contributed by atoms with Crippen LogP contribution in [0, 0.1) is 0 Å². The molecule has 0 saturated carbocycles. The number of alkyl halides is 1. The number of rotatable bonds is 3. The second kappa shape index (κ2) is 6.81. The lowest BCUT2D eigenvalue weighted by Crippen LogP contribution is -2.37. The molecule has 0 bridgehead atoms. The first-order valence-electron chi connectivity index (χ1n) is 5.73. The molecule has 6 heteroatoms. The van der Waals surface area contributed by atoms with Crippen LogP contribution in [-0.4, -0.2) is 40.9 Å². The molecule has 0 aliphatic carbocycles. The lowest BCUT2D eigenvalue weighted by Gasteiger charge is -2.21. The third-order valence-corrected chi connectivity index (χ3v) is 3.02. The van der Waals surface area contributed by atoms with Gasteiger partial charge in [0.15, 0.2) is 0 Å². The molecule has 0 fully saturated rings. The Morgan fingerprint density at radius 2 is 2.39 bits per heavy atom. The molecule has 18 heavy (non-hydrogen) atoms. The summed E-state index contributed by atoms with van der Waals surface area (Å²) in [6.07, 6.45) is 2.26. The van der Waals surface area contributed by atoms with Gasteiger partial charge in [0.2, 0.25) is 5.88 Å². The maximum atomic E-state index is 12.2. The number of likely N-dealkylation sites (N-methyl/N-ethyl adjacent to an activating group) is 1. The van der Waals surface area contributed by atoms with Crippen LogP contribution in [0.3, 0.4) is 0 Å². The summed E-state index contributed by atoms with van der Waals surface area (Å²) in [6, 6.07) is 3.49. The summed E-state index contributed by atoms with van der Waals surface area (Å²) in [5.74, 6) is 0.912. The van der Waals surface area contributed by atoms with Crippen molar-refractivity contribution in [3.05, 3.63) is 23.9 Å². The molecule has 2 heterocycles. The molecular formula is C12H16Cl2N2O2. The van der Waals surface area contributed by atoms with Crippen molar-refractivity contribution in [1.82, 2.24) is 9.88 Å². The predicted octanol–water partition coefficient (Wildman–Crippen LogP) is 2.36. The van der Waals surface area contributed by atoms with Gasteiger partial charge in [-0.1, -0.05) is 0 Å². The highest BCUT2D eigenvalue weighted by atomic mass is 35.5. The number of ether oxygens (including phenoxy) is 1. The molecule has 0 aromatic carbocycles. The van der Waals surface area contributed by atoms with E-state index in [1.165, 1.54) is 0 Å². The first-order chi connectivity index (χ1) is 8.26. The maximum absolute atomic E-state index is 12.2. The average molecular weight is 291 g/mol. The topological polar surface area (TPSA) is 42.4 Å². The summed E-state index contributed by atoms with van der Waals surface area (Å²) in [7, 11) is 0. The number of pyridine rings is 1. The van der Waals surface area contributed by atoms with E-state index in [1.807, 2.05) is 6.92 Å². The standard InChI is InChI=1S/C12H15ClN2O2.ClH/c1-2-15-8-9(5-6-13)17-11-10(12(15)16)4-3-7-14-11;/h3-4,7,9H,2,5-6,8H2,1H3;1H. The number of hydrogen-bond donors (Lipinski definition) is 0. The van der Waals surface area contributed by atoms with Gasteiger partial charge < -0.3 is 9.64 Å². The molecule has 2 rings (SSSR count). The van der Waals surface area contributed by atoms with Gasteiger partial charge in [-0.15, -0.1) is 24.0 Å². The molecule has 0 saturated heterocycles. The summed E-state index contributed by atoms with van der Waals surface area (Å²) in [6.45, 7) is 3.19. The first kappa shape index (κ1) is 15.1. The van der Waals surface area contributed by atoms with E-state index in [-0.39, 0.29) is 24.4 Å². The Morgan fingerprint density at radius 3 is 3.06 bits per heavy atom. The van der Waals surface area contributed by atoms with Crippen LogP contribution in [0.5, 0.6) is 5.88 Å². The van der Waals surface area contributed by atoms with Crippen LogP contribution in [0.25, 0.3) is 0 Å². The fourth-order valence-corrected chi connectivity index (χ4v) is 2.13. The van der Waals surface area contributed by atoms with Crippen LogP contribution in [0.15, 0.2) is 18.3 Å². The zero-order valence-corrected chi connectivity index (χ0v) is 11.7. The Kier molecular flexibility index (Phi) is 5.69. The van der Waals surface area contributed by atoms with Crippen molar-refractivity contribution in [2.24, 2.45) is 0 Å². The number of amides is 1. The number of fused-ring (bicyclic) bond motifs is 1. The van der Waals surface area contributed by atoms with E-state index in [1.54, 1.807) is 23.2 Å². The van der Waals surface area contributed by atoms with Crippen LogP contribution in [0.2, 0.25) is 0 Å². The third-order valence-electron chi connectivity index (χ3n) is 2.80. The fraction of sp³-hybridized carbons (Fsp3) is 0.500. The van der Waals surface area contributed by atoms with Gasteiger partial charge in [0.05, 0.1) is 6.54 Å². The minimum Gasteiger partial charge on any atom is -0.472 e. The second-order valence-electron chi connectivity index (χ2n) is 3.92. The summed E-state index contributed by atoms with van der Waals surface area (Å²) in [5, 5.41) is 0. The number of carbonyl (C=O) groups excluding carboxylic acids is 1. The van der Waals surface area contributed by atoms with Crippen LogP contribution < -0.4 is 4.74 Å². The Balaban J connectivity index is 0.00000162. The van der Waals surface area contributed by atoms with Crippen molar-refractivity contribution in [2.45, 2.75) is 19.4 Å². The Hall–Kier alpha value is -1.00. The SMILES string of the molecule is CCN1CC(CCCl)Oc2ncccc2C1=O.Cl. The van der Waals surface area contributed by atoms with E-state index in [4.69, 9.17) is 16.3 Å². The zero-order chi connectivity index (χ0) is 12.3. The second-order valence-corrected chi connectivity index (χ2v) is 4.30. The fourth-order valence-electron chi connectivity index (χ4n) is 1.89. The third kappa shape index (κ3) is 3.06. The summed E-state index contributed by atoms with van der Waals surface area (Å²) in [5.41, 5.74) is 0.534. The van der Waals surface area contributed by atoms with Crippen LogP contribution in [0.4, 0.5) is 0 Å². The Bertz CT molecular complexity index is 415. The average Bonchev–Trinajstić information content (AvgIpc) is 2.48. The van der Waals surface area contributed by atoms with Crippen LogP contribution in [-0.2, 0) is 0 Å². The lowest BCUT2D eigenvalue weighted by atomic mass is 10.2. The van der Waals surface area contributed by atoms with Gasteiger partial charge >= 0.3 is 0 Å². The number of hydrogen-bond acceptors (Lipinski definition) is 3. The van der Waals surface area contributed by atoms with E-state index in [9.17, 15) is 4.79 Å². The number of aromatic nitrogens is 1. The molecule has 1 amide bonds. The predicted molar refractivity (Wildman–Crippen MR) is 72.8 cm³/mol. The van der Waals surface area contributed by atoms with Gasteiger partial charge in [-0.3, -0.25) is 4.79 Å². The number of carbonyl (C=O) groups is 1. The molecule has 1 aromatic rings. The van der Waals surface area contributed by atoms with Crippen LogP contribution >= 0.6 is 24.0 Å². The summed E-state index contributed by atoms with van der Waals surface area (Å²) >= 11 is 5.74. The van der Waals surface area contributed by atoms with E-state index < -0.39 is 0 Å². The summed E-state index contributed by atoms with van der Waals surface area (Å²) in [4.78, 5) is 18.1. The maximum Gasteiger partial charge on any atom is 0.259 e. The monoisotopic (exact) mass is 290 g/mol. The molecule has 1 atom stereocenters. The van der Waals surface area contributed by atoms with Gasteiger partial charge in [-0.2, -0.15) is 0 Å². The highest BCUT2D eigenvalue weighted by Crippen LogP contribution is 2.23. The van der Waals surface area contributed by atoms with Crippen molar-refractivity contribution in [2.75, 3.05) is 19.0 Å². The largest absolute Gasteiger partial charge is 0.472 e. The number of nitrogens with zero attached hydrogens (tertiary/aromatic N) is 2. The molecule has 0 spiro atoms. The van der Waals surface area contributed by atoms with E-state index in [0.29, 0.717) is 36.8 Å². The van der Waals surface area contributed by atoms with E-state index in [0.717, 1.165) is 0 Å². The van der Waals surface area contributed by atoms with Crippen molar-refractivity contribution in [3.8, 4) is 5.88 Å². The summed E-state index contributed by atoms with van der Waals surface area (Å²) < 4.78 is 5.74. The van der Waals surface area contributed by atoms with Crippen molar-refractivity contribution in [1.29, 1.82) is 0 Å². The molecule has 1 aromatic heterocycles. The highest BCUT2D eigenvalue weighted by Gasteiger charge is 2.28. The molecule has 4 nitrogen and oxygen atoms in total. The minimum absolute atomic E-state index is 0. The molecular weight excluding hydrogens is 275 g/mol.